The second kappa shape index (κ2) is 8.32. The monoisotopic (exact) mass is 278 g/mol. The summed E-state index contributed by atoms with van der Waals surface area (Å²) in [6.45, 7) is 4.28. The zero-order valence-corrected chi connectivity index (χ0v) is 11.9. The fourth-order valence-electron chi connectivity index (χ4n) is 1.70. The number of benzene rings is 1. The van der Waals surface area contributed by atoms with Crippen LogP contribution < -0.4 is 10.6 Å². The van der Waals surface area contributed by atoms with Gasteiger partial charge in [-0.3, -0.25) is 14.9 Å². The molecule has 0 aliphatic heterocycles. The molecule has 5 heteroatoms. The maximum Gasteiger partial charge on any atom is 0.321 e. The van der Waals surface area contributed by atoms with Gasteiger partial charge >= 0.3 is 5.97 Å². The first kappa shape index (κ1) is 16.2. The van der Waals surface area contributed by atoms with Gasteiger partial charge in [-0.15, -0.1) is 0 Å². The van der Waals surface area contributed by atoms with Crippen LogP contribution in [-0.2, 0) is 16.1 Å². The Balaban J connectivity index is 2.48. The van der Waals surface area contributed by atoms with Crippen LogP contribution in [0.1, 0.15) is 32.3 Å². The van der Waals surface area contributed by atoms with Gasteiger partial charge in [0.15, 0.2) is 0 Å². The maximum absolute atomic E-state index is 11.7. The summed E-state index contributed by atoms with van der Waals surface area (Å²) < 4.78 is 0. The third-order valence-electron chi connectivity index (χ3n) is 3.10. The molecular weight excluding hydrogens is 256 g/mol. The molecule has 3 N–H and O–H groups in total. The molecule has 0 spiro atoms. The molecule has 0 heterocycles. The number of carbonyl (C=O) groups is 2. The minimum atomic E-state index is -1.01. The fourth-order valence-corrected chi connectivity index (χ4v) is 1.70. The smallest absolute Gasteiger partial charge is 0.321 e. The maximum atomic E-state index is 11.7. The van der Waals surface area contributed by atoms with Crippen molar-refractivity contribution in [3.8, 4) is 0 Å². The molecule has 0 saturated heterocycles. The number of carbonyl (C=O) groups excluding carboxylic acids is 1. The highest BCUT2D eigenvalue weighted by Crippen LogP contribution is 2.01. The summed E-state index contributed by atoms with van der Waals surface area (Å²) in [5, 5.41) is 14.8. The van der Waals surface area contributed by atoms with Crippen LogP contribution in [-0.4, -0.2) is 29.1 Å². The van der Waals surface area contributed by atoms with Crippen molar-refractivity contribution in [2.24, 2.45) is 0 Å². The average molecular weight is 278 g/mol. The summed E-state index contributed by atoms with van der Waals surface area (Å²) in [5.41, 5.74) is 0.987. The van der Waals surface area contributed by atoms with Crippen LogP contribution in [0.4, 0.5) is 0 Å². The van der Waals surface area contributed by atoms with E-state index in [-0.39, 0.29) is 18.4 Å². The molecule has 2 atom stereocenters. The van der Waals surface area contributed by atoms with E-state index >= 15 is 0 Å². The van der Waals surface area contributed by atoms with Crippen molar-refractivity contribution in [2.75, 3.05) is 0 Å². The zero-order chi connectivity index (χ0) is 15.0. The van der Waals surface area contributed by atoms with Crippen LogP contribution in [0.2, 0.25) is 0 Å². The van der Waals surface area contributed by atoms with Gasteiger partial charge in [0, 0.05) is 12.6 Å². The van der Waals surface area contributed by atoms with Gasteiger partial charge in [0.1, 0.15) is 6.04 Å². The summed E-state index contributed by atoms with van der Waals surface area (Å²) >= 11 is 0. The fraction of sp³-hybridized carbons (Fsp3) is 0.467. The molecule has 0 bridgehead atoms. The molecule has 0 unspecified atom stereocenters. The Morgan fingerprint density at radius 2 is 1.90 bits per heavy atom. The van der Waals surface area contributed by atoms with E-state index in [2.05, 4.69) is 10.6 Å². The molecular formula is C15H22N2O3. The van der Waals surface area contributed by atoms with E-state index in [0.717, 1.165) is 12.0 Å². The van der Waals surface area contributed by atoms with E-state index in [0.29, 0.717) is 6.54 Å². The molecule has 1 amide bonds. The Kier molecular flexibility index (Phi) is 6.73. The molecule has 1 aromatic carbocycles. The van der Waals surface area contributed by atoms with Gasteiger partial charge < -0.3 is 10.4 Å². The minimum Gasteiger partial charge on any atom is -0.480 e. The standard InChI is InChI=1S/C15H22N2O3/c1-3-11(2)17-14(18)9-13(15(19)20)16-10-12-7-5-4-6-8-12/h4-8,11,13,16H,3,9-10H2,1-2H3,(H,17,18)(H,19,20)/t11-,13-/m0/s1. The van der Waals surface area contributed by atoms with Gasteiger partial charge in [0.2, 0.25) is 5.91 Å². The normalized spacial score (nSPS) is 13.5. The number of nitrogens with one attached hydrogen (secondary N) is 2. The lowest BCUT2D eigenvalue weighted by Gasteiger charge is -2.16. The van der Waals surface area contributed by atoms with Gasteiger partial charge in [-0.1, -0.05) is 37.3 Å². The van der Waals surface area contributed by atoms with Crippen molar-refractivity contribution >= 4 is 11.9 Å². The van der Waals surface area contributed by atoms with Crippen LogP contribution in [0.5, 0.6) is 0 Å². The Labute approximate surface area is 119 Å². The summed E-state index contributed by atoms with van der Waals surface area (Å²) in [6.07, 6.45) is 0.757. The number of carboxylic acid groups (broad SMARTS) is 1. The first-order valence-electron chi connectivity index (χ1n) is 6.82. The van der Waals surface area contributed by atoms with E-state index in [4.69, 9.17) is 5.11 Å². The zero-order valence-electron chi connectivity index (χ0n) is 11.9. The topological polar surface area (TPSA) is 78.4 Å². The highest BCUT2D eigenvalue weighted by Gasteiger charge is 2.21. The third-order valence-corrected chi connectivity index (χ3v) is 3.10. The highest BCUT2D eigenvalue weighted by atomic mass is 16.4. The Bertz CT molecular complexity index is 434. The van der Waals surface area contributed by atoms with Crippen molar-refractivity contribution < 1.29 is 14.7 Å². The molecule has 0 radical (unpaired) electrons. The second-order valence-electron chi connectivity index (χ2n) is 4.84. The lowest BCUT2D eigenvalue weighted by atomic mass is 10.1. The summed E-state index contributed by atoms with van der Waals surface area (Å²) in [4.78, 5) is 22.9. The van der Waals surface area contributed by atoms with Crippen LogP contribution in [0.25, 0.3) is 0 Å². The number of hydrogen-bond donors (Lipinski definition) is 3. The Morgan fingerprint density at radius 3 is 2.45 bits per heavy atom. The quantitative estimate of drug-likeness (QED) is 0.674. The summed E-state index contributed by atoms with van der Waals surface area (Å²) in [7, 11) is 0. The first-order valence-corrected chi connectivity index (χ1v) is 6.82. The summed E-state index contributed by atoms with van der Waals surface area (Å²) in [6, 6.07) is 8.68. The van der Waals surface area contributed by atoms with Crippen molar-refractivity contribution in [1.29, 1.82) is 0 Å². The van der Waals surface area contributed by atoms with Crippen LogP contribution in [0.3, 0.4) is 0 Å². The molecule has 0 saturated carbocycles. The summed E-state index contributed by atoms with van der Waals surface area (Å²) in [5.74, 6) is -1.26. The highest BCUT2D eigenvalue weighted by molar-refractivity contribution is 5.84. The largest absolute Gasteiger partial charge is 0.480 e. The van der Waals surface area contributed by atoms with Gasteiger partial charge in [-0.25, -0.2) is 0 Å². The van der Waals surface area contributed by atoms with Gasteiger partial charge in [-0.2, -0.15) is 0 Å². The van der Waals surface area contributed by atoms with E-state index in [1.807, 2.05) is 44.2 Å². The number of rotatable bonds is 8. The van der Waals surface area contributed by atoms with E-state index in [1.54, 1.807) is 0 Å². The van der Waals surface area contributed by atoms with Crippen LogP contribution in [0, 0.1) is 0 Å². The number of amides is 1. The Morgan fingerprint density at radius 1 is 1.25 bits per heavy atom. The number of aliphatic carboxylic acids is 1. The van der Waals surface area contributed by atoms with Crippen LogP contribution >= 0.6 is 0 Å². The van der Waals surface area contributed by atoms with Crippen molar-refractivity contribution in [3.05, 3.63) is 35.9 Å². The predicted octanol–water partition coefficient (Wildman–Crippen LogP) is 1.53. The molecule has 20 heavy (non-hydrogen) atoms. The van der Waals surface area contributed by atoms with Gasteiger partial charge in [0.05, 0.1) is 6.42 Å². The Hall–Kier alpha value is -1.88. The third kappa shape index (κ3) is 5.84. The molecule has 0 aliphatic carbocycles. The molecule has 0 aliphatic rings. The molecule has 5 nitrogen and oxygen atoms in total. The number of hydrogen-bond acceptors (Lipinski definition) is 3. The van der Waals surface area contributed by atoms with Crippen molar-refractivity contribution in [1.82, 2.24) is 10.6 Å². The first-order chi connectivity index (χ1) is 9.52. The lowest BCUT2D eigenvalue weighted by Crippen LogP contribution is -2.42. The SMILES string of the molecule is CC[C@H](C)NC(=O)C[C@H](NCc1ccccc1)C(=O)O. The van der Waals surface area contributed by atoms with Gasteiger partial charge in [-0.05, 0) is 18.9 Å². The molecule has 0 fully saturated rings. The lowest BCUT2D eigenvalue weighted by molar-refractivity contribution is -0.141. The second-order valence-corrected chi connectivity index (χ2v) is 4.84. The molecule has 1 rings (SSSR count). The van der Waals surface area contributed by atoms with E-state index in [9.17, 15) is 9.59 Å². The van der Waals surface area contributed by atoms with Crippen molar-refractivity contribution in [2.45, 2.75) is 45.3 Å². The average Bonchev–Trinajstić information content (AvgIpc) is 2.44. The van der Waals surface area contributed by atoms with E-state index < -0.39 is 12.0 Å². The van der Waals surface area contributed by atoms with Gasteiger partial charge in [0.25, 0.3) is 0 Å². The molecule has 0 aromatic heterocycles. The predicted molar refractivity (Wildman–Crippen MR) is 77.2 cm³/mol. The van der Waals surface area contributed by atoms with E-state index in [1.165, 1.54) is 0 Å². The minimum absolute atomic E-state index is 0.0612. The van der Waals surface area contributed by atoms with Crippen molar-refractivity contribution in [3.63, 3.8) is 0 Å². The van der Waals surface area contributed by atoms with Crippen LogP contribution in [0.15, 0.2) is 30.3 Å². The molecule has 110 valence electrons. The number of carboxylic acids is 1. The molecule has 1 aromatic rings.